The van der Waals surface area contributed by atoms with E-state index in [0.29, 0.717) is 19.3 Å². The van der Waals surface area contributed by atoms with Crippen molar-refractivity contribution >= 4 is 17.9 Å². The summed E-state index contributed by atoms with van der Waals surface area (Å²) >= 11 is 0. The van der Waals surface area contributed by atoms with Gasteiger partial charge in [-0.05, 0) is 103 Å². The smallest absolute Gasteiger partial charge is 0.306 e. The number of esters is 3. The Morgan fingerprint density at radius 2 is 0.500 bits per heavy atom. The van der Waals surface area contributed by atoms with Gasteiger partial charge in [-0.15, -0.1) is 0 Å². The fourth-order valence-electron chi connectivity index (χ4n) is 9.23. The lowest BCUT2D eigenvalue weighted by atomic mass is 10.1. The van der Waals surface area contributed by atoms with Gasteiger partial charge in [-0.25, -0.2) is 0 Å². The van der Waals surface area contributed by atoms with E-state index in [1.165, 1.54) is 225 Å². The first-order chi connectivity index (χ1) is 35.5. The molecular formula is C66H120O6. The van der Waals surface area contributed by atoms with Crippen molar-refractivity contribution in [1.29, 1.82) is 0 Å². The molecule has 1 atom stereocenters. The van der Waals surface area contributed by atoms with E-state index in [1.807, 2.05) is 0 Å². The van der Waals surface area contributed by atoms with Gasteiger partial charge in [0, 0.05) is 19.3 Å². The number of unbranched alkanes of at least 4 members (excludes halogenated alkanes) is 39. The minimum absolute atomic E-state index is 0.0768. The van der Waals surface area contributed by atoms with E-state index in [2.05, 4.69) is 69.4 Å². The molecule has 0 radical (unpaired) electrons. The molecule has 0 fully saturated rings. The molecule has 0 heterocycles. The second-order valence-electron chi connectivity index (χ2n) is 21.3. The highest BCUT2D eigenvalue weighted by atomic mass is 16.6. The average Bonchev–Trinajstić information content (AvgIpc) is 3.38. The molecule has 0 amide bonds. The Bertz CT molecular complexity index is 1250. The van der Waals surface area contributed by atoms with Crippen molar-refractivity contribution in [1.82, 2.24) is 0 Å². The summed E-state index contributed by atoms with van der Waals surface area (Å²) in [7, 11) is 0. The van der Waals surface area contributed by atoms with E-state index in [1.54, 1.807) is 0 Å². The second-order valence-corrected chi connectivity index (χ2v) is 21.3. The van der Waals surface area contributed by atoms with Gasteiger partial charge in [0.1, 0.15) is 13.2 Å². The fourth-order valence-corrected chi connectivity index (χ4v) is 9.23. The van der Waals surface area contributed by atoms with Gasteiger partial charge in [0.2, 0.25) is 0 Å². The number of carbonyl (C=O) groups excluding carboxylic acids is 3. The zero-order chi connectivity index (χ0) is 52.2. The summed E-state index contributed by atoms with van der Waals surface area (Å²) in [5, 5.41) is 0. The summed E-state index contributed by atoms with van der Waals surface area (Å²) in [4.78, 5) is 38.2. The number of rotatable bonds is 58. The third-order valence-electron chi connectivity index (χ3n) is 14.0. The van der Waals surface area contributed by atoms with Crippen LogP contribution in [0.15, 0.2) is 48.6 Å². The lowest BCUT2D eigenvalue weighted by molar-refractivity contribution is -0.167. The Balaban J connectivity index is 4.30. The minimum atomic E-state index is -0.779. The van der Waals surface area contributed by atoms with Gasteiger partial charge in [-0.1, -0.05) is 262 Å². The number of carbonyl (C=O) groups is 3. The maximum absolute atomic E-state index is 12.9. The van der Waals surface area contributed by atoms with Crippen LogP contribution in [-0.4, -0.2) is 37.2 Å². The SMILES string of the molecule is CCCCC/C=C\CCCCCCCC(=O)OCC(COC(=O)CCCCCCCCCCC/C=C\C/C=C\CCCCCCC)OC(=O)CCCCCCCCCCC/C=C\CCCCCCCCCC. The number of hydrogen-bond acceptors (Lipinski definition) is 6. The monoisotopic (exact) mass is 1010 g/mol. The van der Waals surface area contributed by atoms with Crippen LogP contribution in [0.4, 0.5) is 0 Å². The summed E-state index contributed by atoms with van der Waals surface area (Å²) < 4.78 is 16.9. The van der Waals surface area contributed by atoms with Crippen LogP contribution >= 0.6 is 0 Å². The highest BCUT2D eigenvalue weighted by molar-refractivity contribution is 5.71. The molecule has 0 saturated heterocycles. The van der Waals surface area contributed by atoms with E-state index < -0.39 is 6.10 Å². The molecule has 0 saturated carbocycles. The summed E-state index contributed by atoms with van der Waals surface area (Å²) in [5.41, 5.74) is 0. The van der Waals surface area contributed by atoms with Crippen LogP contribution in [0.5, 0.6) is 0 Å². The molecule has 0 bridgehead atoms. The van der Waals surface area contributed by atoms with Crippen molar-refractivity contribution in [2.75, 3.05) is 13.2 Å². The molecule has 0 rings (SSSR count). The lowest BCUT2D eigenvalue weighted by Crippen LogP contribution is -2.30. The predicted octanol–water partition coefficient (Wildman–Crippen LogP) is 21.4. The van der Waals surface area contributed by atoms with Crippen molar-refractivity contribution in [3.05, 3.63) is 48.6 Å². The van der Waals surface area contributed by atoms with Gasteiger partial charge in [0.15, 0.2) is 6.10 Å². The van der Waals surface area contributed by atoms with E-state index in [0.717, 1.165) is 70.6 Å². The molecule has 6 nitrogen and oxygen atoms in total. The molecule has 6 heteroatoms. The first-order valence-electron chi connectivity index (χ1n) is 31.6. The molecule has 0 aliphatic heterocycles. The standard InChI is InChI=1S/C66H120O6/c1-4-7-10-13-16-19-22-25-27-29-31-33-35-37-39-41-44-47-50-53-56-59-65(68)71-62-63(61-70-64(67)58-55-52-49-46-43-24-21-18-15-12-9-6-3)72-66(69)60-57-54-51-48-45-42-40-38-36-34-32-30-28-26-23-20-17-14-11-8-5-2/h18,21-22,25,29-32,63H,4-17,19-20,23-24,26-28,33-62H2,1-3H3/b21-18-,25-22-,31-29-,32-30-. The first-order valence-corrected chi connectivity index (χ1v) is 31.6. The zero-order valence-corrected chi connectivity index (χ0v) is 48.2. The van der Waals surface area contributed by atoms with E-state index >= 15 is 0 Å². The maximum Gasteiger partial charge on any atom is 0.306 e. The van der Waals surface area contributed by atoms with Crippen LogP contribution in [-0.2, 0) is 28.6 Å². The van der Waals surface area contributed by atoms with Crippen molar-refractivity contribution in [3.63, 3.8) is 0 Å². The third kappa shape index (κ3) is 58.3. The fraction of sp³-hybridized carbons (Fsp3) is 0.833. The Labute approximate surface area is 448 Å². The molecule has 0 aliphatic carbocycles. The summed E-state index contributed by atoms with van der Waals surface area (Å²) in [5.74, 6) is -0.875. The van der Waals surface area contributed by atoms with Crippen molar-refractivity contribution < 1.29 is 28.6 Å². The van der Waals surface area contributed by atoms with Crippen LogP contribution < -0.4 is 0 Å². The number of hydrogen-bond donors (Lipinski definition) is 0. The predicted molar refractivity (Wildman–Crippen MR) is 312 cm³/mol. The Hall–Kier alpha value is -2.63. The molecule has 420 valence electrons. The molecule has 72 heavy (non-hydrogen) atoms. The molecule has 0 aromatic heterocycles. The van der Waals surface area contributed by atoms with E-state index in [4.69, 9.17) is 14.2 Å². The van der Waals surface area contributed by atoms with E-state index in [9.17, 15) is 14.4 Å². The first kappa shape index (κ1) is 69.4. The summed E-state index contributed by atoms with van der Waals surface area (Å²) in [6.07, 6.45) is 75.4. The minimum Gasteiger partial charge on any atom is -0.462 e. The molecule has 0 aromatic carbocycles. The van der Waals surface area contributed by atoms with Gasteiger partial charge in [-0.3, -0.25) is 14.4 Å². The Morgan fingerprint density at radius 1 is 0.278 bits per heavy atom. The molecule has 0 aliphatic rings. The average molecular weight is 1010 g/mol. The Kier molecular flexibility index (Phi) is 58.7. The van der Waals surface area contributed by atoms with Gasteiger partial charge in [-0.2, -0.15) is 0 Å². The van der Waals surface area contributed by atoms with Crippen LogP contribution in [0.3, 0.4) is 0 Å². The van der Waals surface area contributed by atoms with E-state index in [-0.39, 0.29) is 31.1 Å². The van der Waals surface area contributed by atoms with Gasteiger partial charge in [0.05, 0.1) is 0 Å². The molecule has 0 N–H and O–H groups in total. The largest absolute Gasteiger partial charge is 0.462 e. The number of ether oxygens (including phenoxy) is 3. The zero-order valence-electron chi connectivity index (χ0n) is 48.2. The molecule has 0 spiro atoms. The molecule has 1 unspecified atom stereocenters. The van der Waals surface area contributed by atoms with Crippen LogP contribution in [0, 0.1) is 0 Å². The van der Waals surface area contributed by atoms with Crippen molar-refractivity contribution in [3.8, 4) is 0 Å². The Morgan fingerprint density at radius 3 is 0.806 bits per heavy atom. The van der Waals surface area contributed by atoms with Crippen LogP contribution in [0.2, 0.25) is 0 Å². The van der Waals surface area contributed by atoms with Crippen molar-refractivity contribution in [2.24, 2.45) is 0 Å². The summed E-state index contributed by atoms with van der Waals surface area (Å²) in [6, 6.07) is 0. The highest BCUT2D eigenvalue weighted by Crippen LogP contribution is 2.16. The molecular weight excluding hydrogens is 889 g/mol. The topological polar surface area (TPSA) is 78.9 Å². The van der Waals surface area contributed by atoms with Crippen LogP contribution in [0.25, 0.3) is 0 Å². The van der Waals surface area contributed by atoms with Crippen molar-refractivity contribution in [2.45, 2.75) is 341 Å². The number of allylic oxidation sites excluding steroid dienone is 8. The normalized spacial score (nSPS) is 12.3. The highest BCUT2D eigenvalue weighted by Gasteiger charge is 2.19. The van der Waals surface area contributed by atoms with Gasteiger partial charge < -0.3 is 14.2 Å². The third-order valence-corrected chi connectivity index (χ3v) is 14.0. The van der Waals surface area contributed by atoms with Gasteiger partial charge in [0.25, 0.3) is 0 Å². The quantitative estimate of drug-likeness (QED) is 0.0261. The molecule has 0 aromatic rings. The lowest BCUT2D eigenvalue weighted by Gasteiger charge is -2.18. The van der Waals surface area contributed by atoms with Crippen LogP contribution in [0.1, 0.15) is 335 Å². The maximum atomic E-state index is 12.9. The van der Waals surface area contributed by atoms with Gasteiger partial charge >= 0.3 is 17.9 Å². The summed E-state index contributed by atoms with van der Waals surface area (Å²) in [6.45, 7) is 6.64. The second kappa shape index (κ2) is 60.9.